The first kappa shape index (κ1) is 16.9. The molecule has 0 saturated carbocycles. The Balaban J connectivity index is 2.54. The van der Waals surface area contributed by atoms with Crippen molar-refractivity contribution in [2.24, 2.45) is 5.92 Å². The number of aliphatic hydroxyl groups is 2. The summed E-state index contributed by atoms with van der Waals surface area (Å²) in [4.78, 5) is 0. The number of rotatable bonds is 6. The average molecular weight is 288 g/mol. The van der Waals surface area contributed by atoms with E-state index in [1.54, 1.807) is 0 Å². The minimum absolute atomic E-state index is 0.0494. The van der Waals surface area contributed by atoms with Gasteiger partial charge < -0.3 is 19.7 Å². The zero-order valence-corrected chi connectivity index (χ0v) is 13.7. The fourth-order valence-electron chi connectivity index (χ4n) is 2.35. The van der Waals surface area contributed by atoms with Crippen molar-refractivity contribution in [3.63, 3.8) is 0 Å². The van der Waals surface area contributed by atoms with Crippen LogP contribution in [0.4, 0.5) is 0 Å². The van der Waals surface area contributed by atoms with Gasteiger partial charge in [0.2, 0.25) is 0 Å². The number of aliphatic hydroxyl groups excluding tert-OH is 2. The molecule has 5 heteroatoms. The van der Waals surface area contributed by atoms with Crippen molar-refractivity contribution in [2.45, 2.75) is 57.5 Å². The van der Waals surface area contributed by atoms with E-state index in [0.29, 0.717) is 6.42 Å². The molecule has 0 bridgehead atoms. The van der Waals surface area contributed by atoms with Gasteiger partial charge in [0.05, 0.1) is 18.1 Å². The molecule has 0 heterocycles. The molecule has 0 aromatic rings. The van der Waals surface area contributed by atoms with Gasteiger partial charge in [0.15, 0.2) is 6.29 Å². The molecule has 4 atom stereocenters. The minimum atomic E-state index is -1.08. The predicted octanol–water partition coefficient (Wildman–Crippen LogP) is 2.00. The third-order valence-corrected chi connectivity index (χ3v) is 5.30. The van der Waals surface area contributed by atoms with Gasteiger partial charge in [-0.3, -0.25) is 0 Å². The molecule has 1 aliphatic carbocycles. The van der Waals surface area contributed by atoms with Crippen LogP contribution in [0.3, 0.4) is 0 Å². The summed E-state index contributed by atoms with van der Waals surface area (Å²) in [6.07, 6.45) is 0.912. The molecule has 0 aliphatic heterocycles. The molecule has 112 valence electrons. The highest BCUT2D eigenvalue weighted by atomic mass is 28.3. The normalized spacial score (nSPS) is 30.1. The molecule has 0 aromatic carbocycles. The third kappa shape index (κ3) is 5.36. The number of hydrogen-bond donors (Lipinski definition) is 2. The second-order valence-electron chi connectivity index (χ2n) is 6.59. The zero-order valence-electron chi connectivity index (χ0n) is 12.7. The molecular formula is C14H28O4Si. The van der Waals surface area contributed by atoms with Gasteiger partial charge in [0.25, 0.3) is 0 Å². The molecule has 0 amide bonds. The average Bonchev–Trinajstić information content (AvgIpc) is 2.26. The van der Waals surface area contributed by atoms with Gasteiger partial charge in [-0.05, 0) is 13.0 Å². The summed E-state index contributed by atoms with van der Waals surface area (Å²) < 4.78 is 10.7. The molecule has 1 aliphatic rings. The number of hydrogen-bond acceptors (Lipinski definition) is 4. The van der Waals surface area contributed by atoms with E-state index in [0.717, 1.165) is 18.2 Å². The lowest BCUT2D eigenvalue weighted by atomic mass is 9.84. The molecule has 4 nitrogen and oxygen atoms in total. The van der Waals surface area contributed by atoms with E-state index in [1.165, 1.54) is 7.11 Å². The van der Waals surface area contributed by atoms with E-state index in [1.807, 2.05) is 13.0 Å². The Hall–Kier alpha value is -0.203. The van der Waals surface area contributed by atoms with Crippen LogP contribution in [0.2, 0.25) is 25.7 Å². The molecule has 2 N–H and O–H groups in total. The first-order valence-electron chi connectivity index (χ1n) is 6.93. The summed E-state index contributed by atoms with van der Waals surface area (Å²) >= 11 is 0. The standard InChI is InChI=1S/C14H28O4Si/c1-10-8-11(18-6-7-19(3,4)5)9-12(15)13(10)14(16)17-2/h8,11-16H,6-7,9H2,1-5H3/t11?,12?,13?,14-/m0/s1. The van der Waals surface area contributed by atoms with Crippen LogP contribution in [0.15, 0.2) is 11.6 Å². The quantitative estimate of drug-likeness (QED) is 0.446. The molecule has 0 saturated heterocycles. The number of methoxy groups -OCH3 is 1. The van der Waals surface area contributed by atoms with Crippen molar-refractivity contribution in [1.29, 1.82) is 0 Å². The van der Waals surface area contributed by atoms with Crippen molar-refractivity contribution >= 4 is 8.07 Å². The third-order valence-electron chi connectivity index (χ3n) is 3.60. The lowest BCUT2D eigenvalue weighted by Gasteiger charge is -2.34. The van der Waals surface area contributed by atoms with Crippen LogP contribution in [0.25, 0.3) is 0 Å². The van der Waals surface area contributed by atoms with Gasteiger partial charge in [-0.25, -0.2) is 0 Å². The van der Waals surface area contributed by atoms with Crippen molar-refractivity contribution in [2.75, 3.05) is 13.7 Å². The minimum Gasteiger partial charge on any atom is -0.392 e. The summed E-state index contributed by atoms with van der Waals surface area (Å²) in [6.45, 7) is 9.60. The van der Waals surface area contributed by atoms with Gasteiger partial charge in [-0.2, -0.15) is 0 Å². The summed E-state index contributed by atoms with van der Waals surface area (Å²) in [5, 5.41) is 19.9. The van der Waals surface area contributed by atoms with E-state index in [-0.39, 0.29) is 12.0 Å². The van der Waals surface area contributed by atoms with Crippen LogP contribution in [0.5, 0.6) is 0 Å². The van der Waals surface area contributed by atoms with Gasteiger partial charge in [0.1, 0.15) is 0 Å². The maximum atomic E-state index is 10.1. The van der Waals surface area contributed by atoms with Crippen molar-refractivity contribution in [1.82, 2.24) is 0 Å². The monoisotopic (exact) mass is 288 g/mol. The van der Waals surface area contributed by atoms with E-state index >= 15 is 0 Å². The first-order valence-corrected chi connectivity index (χ1v) is 10.6. The van der Waals surface area contributed by atoms with Crippen LogP contribution in [0.1, 0.15) is 13.3 Å². The van der Waals surface area contributed by atoms with Gasteiger partial charge in [-0.1, -0.05) is 31.3 Å². The molecule has 3 unspecified atom stereocenters. The van der Waals surface area contributed by atoms with Crippen molar-refractivity contribution < 1.29 is 19.7 Å². The number of ether oxygens (including phenoxy) is 2. The summed E-state index contributed by atoms with van der Waals surface area (Å²) in [6, 6.07) is 1.12. The second kappa shape index (κ2) is 6.99. The maximum absolute atomic E-state index is 10.1. The lowest BCUT2D eigenvalue weighted by Crippen LogP contribution is -2.40. The second-order valence-corrected chi connectivity index (χ2v) is 12.2. The van der Waals surface area contributed by atoms with E-state index in [2.05, 4.69) is 19.6 Å². The fourth-order valence-corrected chi connectivity index (χ4v) is 3.08. The Kier molecular flexibility index (Phi) is 6.20. The molecule has 19 heavy (non-hydrogen) atoms. The fraction of sp³-hybridized carbons (Fsp3) is 0.857. The Labute approximate surface area is 117 Å². The molecular weight excluding hydrogens is 260 g/mol. The van der Waals surface area contributed by atoms with Gasteiger partial charge in [-0.15, -0.1) is 0 Å². The van der Waals surface area contributed by atoms with Gasteiger partial charge in [0, 0.05) is 28.2 Å². The van der Waals surface area contributed by atoms with E-state index in [9.17, 15) is 10.2 Å². The topological polar surface area (TPSA) is 58.9 Å². The van der Waals surface area contributed by atoms with Crippen molar-refractivity contribution in [3.8, 4) is 0 Å². The zero-order chi connectivity index (χ0) is 14.6. The summed E-state index contributed by atoms with van der Waals surface area (Å²) in [5.74, 6) is -0.346. The molecule has 1 rings (SSSR count). The Morgan fingerprint density at radius 3 is 2.53 bits per heavy atom. The van der Waals surface area contributed by atoms with Crippen LogP contribution >= 0.6 is 0 Å². The summed E-state index contributed by atoms with van der Waals surface area (Å²) in [5.41, 5.74) is 0.936. The molecule has 0 aromatic heterocycles. The van der Waals surface area contributed by atoms with Crippen LogP contribution < -0.4 is 0 Å². The maximum Gasteiger partial charge on any atom is 0.163 e. The van der Waals surface area contributed by atoms with Crippen LogP contribution in [-0.4, -0.2) is 50.5 Å². The Bertz CT molecular complexity index is 311. The highest BCUT2D eigenvalue weighted by molar-refractivity contribution is 6.76. The predicted molar refractivity (Wildman–Crippen MR) is 78.8 cm³/mol. The smallest absolute Gasteiger partial charge is 0.163 e. The van der Waals surface area contributed by atoms with E-state index < -0.39 is 20.5 Å². The highest BCUT2D eigenvalue weighted by Gasteiger charge is 2.34. The lowest BCUT2D eigenvalue weighted by molar-refractivity contribution is -0.137. The Morgan fingerprint density at radius 1 is 1.42 bits per heavy atom. The van der Waals surface area contributed by atoms with E-state index in [4.69, 9.17) is 9.47 Å². The molecule has 0 spiro atoms. The van der Waals surface area contributed by atoms with Crippen molar-refractivity contribution in [3.05, 3.63) is 11.6 Å². The van der Waals surface area contributed by atoms with Crippen LogP contribution in [0, 0.1) is 5.92 Å². The first-order chi connectivity index (χ1) is 8.74. The van der Waals surface area contributed by atoms with Crippen LogP contribution in [-0.2, 0) is 9.47 Å². The largest absolute Gasteiger partial charge is 0.392 e. The molecule has 0 radical (unpaired) electrons. The Morgan fingerprint density at radius 2 is 2.05 bits per heavy atom. The van der Waals surface area contributed by atoms with Gasteiger partial charge >= 0.3 is 0 Å². The SMILES string of the molecule is CO[C@H](O)C1C(C)=CC(OCC[Si](C)(C)C)CC1O. The highest BCUT2D eigenvalue weighted by Crippen LogP contribution is 2.30. The molecule has 0 fully saturated rings. The summed E-state index contributed by atoms with van der Waals surface area (Å²) in [7, 11) is 0.365.